The molecule has 1 atom stereocenters. The van der Waals surface area contributed by atoms with Gasteiger partial charge in [0, 0.05) is 32.8 Å². The maximum absolute atomic E-state index is 12.8. The minimum absolute atomic E-state index is 0. The maximum atomic E-state index is 12.8. The third-order valence-electron chi connectivity index (χ3n) is 5.57. The highest BCUT2D eigenvalue weighted by atomic mass is 35.5. The fourth-order valence-corrected chi connectivity index (χ4v) is 3.74. The van der Waals surface area contributed by atoms with Crippen molar-refractivity contribution in [2.24, 2.45) is 5.73 Å². The number of morpholine rings is 1. The summed E-state index contributed by atoms with van der Waals surface area (Å²) in [6.45, 7) is 4.46. The highest BCUT2D eigenvalue weighted by molar-refractivity contribution is 5.86. The molecule has 1 amide bonds. The third kappa shape index (κ3) is 6.35. The molecular weight excluding hydrogens is 433 g/mol. The fourth-order valence-electron chi connectivity index (χ4n) is 3.74. The van der Waals surface area contributed by atoms with Crippen molar-refractivity contribution in [2.45, 2.75) is 24.4 Å². The Hall–Kier alpha value is -1.29. The molecule has 3 rings (SSSR count). The van der Waals surface area contributed by atoms with E-state index in [2.05, 4.69) is 10.2 Å². The summed E-state index contributed by atoms with van der Waals surface area (Å²) in [6.07, 6.45) is 1.08. The number of nitrogens with two attached hydrogens (primary N) is 1. The molecule has 8 nitrogen and oxygen atoms in total. The van der Waals surface area contributed by atoms with Crippen molar-refractivity contribution in [1.82, 2.24) is 10.2 Å². The third-order valence-corrected chi connectivity index (χ3v) is 5.57. The van der Waals surface area contributed by atoms with Gasteiger partial charge in [-0.3, -0.25) is 9.69 Å². The number of halogens is 2. The Labute approximate surface area is 190 Å². The van der Waals surface area contributed by atoms with E-state index < -0.39 is 5.54 Å². The molecule has 172 valence electrons. The molecular formula is C20H33Cl2N3O5. The van der Waals surface area contributed by atoms with Gasteiger partial charge in [-0.1, -0.05) is 6.07 Å². The lowest BCUT2D eigenvalue weighted by Crippen LogP contribution is -2.58. The number of hydrogen-bond acceptors (Lipinski definition) is 7. The molecule has 30 heavy (non-hydrogen) atoms. The highest BCUT2D eigenvalue weighted by Gasteiger charge is 2.36. The monoisotopic (exact) mass is 465 g/mol. The first-order valence-corrected chi connectivity index (χ1v) is 9.76. The summed E-state index contributed by atoms with van der Waals surface area (Å²) in [7, 11) is 3.24. The van der Waals surface area contributed by atoms with Crippen molar-refractivity contribution in [2.75, 3.05) is 60.3 Å². The van der Waals surface area contributed by atoms with Crippen molar-refractivity contribution >= 4 is 30.7 Å². The van der Waals surface area contributed by atoms with Crippen LogP contribution < -0.4 is 20.5 Å². The number of ether oxygens (including phenoxy) is 4. The van der Waals surface area contributed by atoms with Crippen LogP contribution in [0.4, 0.5) is 0 Å². The molecule has 0 saturated carbocycles. The van der Waals surface area contributed by atoms with Gasteiger partial charge in [-0.15, -0.1) is 24.8 Å². The Bertz CT molecular complexity index is 668. The predicted molar refractivity (Wildman–Crippen MR) is 119 cm³/mol. The van der Waals surface area contributed by atoms with Crippen LogP contribution in [0.3, 0.4) is 0 Å². The molecule has 2 heterocycles. The molecule has 2 saturated heterocycles. The second-order valence-corrected chi connectivity index (χ2v) is 7.26. The van der Waals surface area contributed by atoms with Crippen molar-refractivity contribution in [3.05, 3.63) is 23.8 Å². The first kappa shape index (κ1) is 26.7. The Morgan fingerprint density at radius 3 is 2.30 bits per heavy atom. The van der Waals surface area contributed by atoms with Gasteiger partial charge in [0.1, 0.15) is 0 Å². The van der Waals surface area contributed by atoms with Gasteiger partial charge < -0.3 is 30.0 Å². The van der Waals surface area contributed by atoms with E-state index in [1.165, 1.54) is 0 Å². The largest absolute Gasteiger partial charge is 0.493 e. The molecule has 10 heteroatoms. The van der Waals surface area contributed by atoms with E-state index in [0.717, 1.165) is 18.7 Å². The van der Waals surface area contributed by atoms with Gasteiger partial charge in [-0.25, -0.2) is 0 Å². The van der Waals surface area contributed by atoms with Gasteiger partial charge in [0.25, 0.3) is 0 Å². The molecule has 0 bridgehead atoms. The molecule has 2 fully saturated rings. The Morgan fingerprint density at radius 1 is 1.10 bits per heavy atom. The van der Waals surface area contributed by atoms with Gasteiger partial charge in [0.15, 0.2) is 11.5 Å². The molecule has 2 aliphatic rings. The van der Waals surface area contributed by atoms with E-state index in [0.29, 0.717) is 57.3 Å². The standard InChI is InChI=1S/C20H31N3O5.2ClH/c1-25-17-4-3-15(13-18(17)26-2)16(23-7-11-28-12-8-23)14-22-19(24)20(21)5-9-27-10-6-20;;/h3-4,13,16H,5-12,14,21H2,1-2H3,(H,22,24);2*1H. The van der Waals surface area contributed by atoms with Crippen LogP contribution in [0.25, 0.3) is 0 Å². The van der Waals surface area contributed by atoms with Crippen molar-refractivity contribution in [3.8, 4) is 11.5 Å². The molecule has 1 unspecified atom stereocenters. The summed E-state index contributed by atoms with van der Waals surface area (Å²) < 4.78 is 21.7. The topological polar surface area (TPSA) is 95.3 Å². The lowest BCUT2D eigenvalue weighted by atomic mass is 9.90. The van der Waals surface area contributed by atoms with Gasteiger partial charge in [-0.05, 0) is 30.5 Å². The number of carbonyl (C=O) groups is 1. The molecule has 0 aromatic heterocycles. The second-order valence-electron chi connectivity index (χ2n) is 7.26. The quantitative estimate of drug-likeness (QED) is 0.630. The summed E-state index contributed by atoms with van der Waals surface area (Å²) >= 11 is 0. The molecule has 0 radical (unpaired) electrons. The summed E-state index contributed by atoms with van der Waals surface area (Å²) in [5, 5.41) is 3.08. The second kappa shape index (κ2) is 12.5. The molecule has 2 aliphatic heterocycles. The van der Waals surface area contributed by atoms with Crippen molar-refractivity contribution in [3.63, 3.8) is 0 Å². The van der Waals surface area contributed by atoms with Crippen LogP contribution in [0.15, 0.2) is 18.2 Å². The molecule has 0 spiro atoms. The van der Waals surface area contributed by atoms with E-state index in [1.54, 1.807) is 14.2 Å². The number of amides is 1. The van der Waals surface area contributed by atoms with E-state index in [4.69, 9.17) is 24.7 Å². The zero-order chi connectivity index (χ0) is 20.0. The summed E-state index contributed by atoms with van der Waals surface area (Å²) in [5.41, 5.74) is 6.53. The lowest BCUT2D eigenvalue weighted by molar-refractivity contribution is -0.130. The van der Waals surface area contributed by atoms with Crippen LogP contribution in [0, 0.1) is 0 Å². The Kier molecular flexibility index (Phi) is 11.2. The summed E-state index contributed by atoms with van der Waals surface area (Å²) in [6, 6.07) is 5.88. The first-order valence-electron chi connectivity index (χ1n) is 9.76. The van der Waals surface area contributed by atoms with E-state index >= 15 is 0 Å². The molecule has 3 N–H and O–H groups in total. The van der Waals surface area contributed by atoms with Crippen LogP contribution in [0.1, 0.15) is 24.4 Å². The Balaban J connectivity index is 0.00000225. The smallest absolute Gasteiger partial charge is 0.240 e. The minimum Gasteiger partial charge on any atom is -0.493 e. The number of nitrogens with one attached hydrogen (secondary N) is 1. The predicted octanol–water partition coefficient (Wildman–Crippen LogP) is 1.54. The number of methoxy groups -OCH3 is 2. The van der Waals surface area contributed by atoms with E-state index in [9.17, 15) is 4.79 Å². The van der Waals surface area contributed by atoms with E-state index in [-0.39, 0.29) is 36.8 Å². The highest BCUT2D eigenvalue weighted by Crippen LogP contribution is 2.32. The molecule has 0 aliphatic carbocycles. The van der Waals surface area contributed by atoms with Gasteiger partial charge in [0.05, 0.1) is 39.0 Å². The minimum atomic E-state index is -0.856. The van der Waals surface area contributed by atoms with E-state index in [1.807, 2.05) is 18.2 Å². The first-order chi connectivity index (χ1) is 13.6. The van der Waals surface area contributed by atoms with Crippen LogP contribution >= 0.6 is 24.8 Å². The number of hydrogen-bond donors (Lipinski definition) is 2. The SMILES string of the molecule is COc1ccc(C(CNC(=O)C2(N)CCOCC2)N2CCOCC2)cc1OC.Cl.Cl. The number of rotatable bonds is 7. The van der Waals surface area contributed by atoms with Gasteiger partial charge >= 0.3 is 0 Å². The summed E-state index contributed by atoms with van der Waals surface area (Å²) in [4.78, 5) is 15.1. The normalized spacial score (nSPS) is 19.6. The average Bonchev–Trinajstić information content (AvgIpc) is 2.74. The molecule has 1 aromatic rings. The van der Waals surface area contributed by atoms with Crippen LogP contribution in [-0.4, -0.2) is 76.6 Å². The number of nitrogens with zero attached hydrogens (tertiary/aromatic N) is 1. The van der Waals surface area contributed by atoms with Gasteiger partial charge in [0.2, 0.25) is 5.91 Å². The van der Waals surface area contributed by atoms with Gasteiger partial charge in [-0.2, -0.15) is 0 Å². The Morgan fingerprint density at radius 2 is 1.70 bits per heavy atom. The lowest BCUT2D eigenvalue weighted by Gasteiger charge is -2.37. The summed E-state index contributed by atoms with van der Waals surface area (Å²) in [5.74, 6) is 1.23. The molecule has 1 aromatic carbocycles. The van der Waals surface area contributed by atoms with Crippen molar-refractivity contribution < 1.29 is 23.7 Å². The average molecular weight is 466 g/mol. The van der Waals surface area contributed by atoms with Crippen LogP contribution in [0.5, 0.6) is 11.5 Å². The number of benzene rings is 1. The van der Waals surface area contributed by atoms with Crippen LogP contribution in [0.2, 0.25) is 0 Å². The fraction of sp³-hybridized carbons (Fsp3) is 0.650. The van der Waals surface area contributed by atoms with Crippen LogP contribution in [-0.2, 0) is 14.3 Å². The maximum Gasteiger partial charge on any atom is 0.240 e. The zero-order valence-corrected chi connectivity index (χ0v) is 19.2. The number of carbonyl (C=O) groups excluding carboxylic acids is 1. The zero-order valence-electron chi connectivity index (χ0n) is 17.6. The van der Waals surface area contributed by atoms with Crippen molar-refractivity contribution in [1.29, 1.82) is 0 Å².